The molecule has 0 saturated carbocycles. The minimum atomic E-state index is 1.36. The van der Waals surface area contributed by atoms with Gasteiger partial charge in [-0.1, -0.05) is 19.8 Å². The second-order valence-corrected chi connectivity index (χ2v) is 3.26. The summed E-state index contributed by atoms with van der Waals surface area (Å²) < 4.78 is 0. The van der Waals surface area contributed by atoms with Crippen LogP contribution >= 0.6 is 0 Å². The molecule has 1 heterocycles. The smallest absolute Gasteiger partial charge is 0.00183 e. The van der Waals surface area contributed by atoms with Gasteiger partial charge in [0.2, 0.25) is 0 Å². The van der Waals surface area contributed by atoms with Crippen LogP contribution in [0.25, 0.3) is 0 Å². The summed E-state index contributed by atoms with van der Waals surface area (Å²) in [6.45, 7) is 6.35. The molecule has 0 aromatic carbocycles. The van der Waals surface area contributed by atoms with Crippen molar-refractivity contribution in [2.45, 2.75) is 39.0 Å². The van der Waals surface area contributed by atoms with Crippen molar-refractivity contribution in [1.82, 2.24) is 4.90 Å². The first-order chi connectivity index (χ1) is 4.93. The molecule has 1 nitrogen and oxygen atoms in total. The summed E-state index contributed by atoms with van der Waals surface area (Å²) in [6.07, 6.45) is 7.05. The highest BCUT2D eigenvalue weighted by molar-refractivity contribution is 4.65. The zero-order chi connectivity index (χ0) is 7.23. The van der Waals surface area contributed by atoms with Crippen molar-refractivity contribution in [3.8, 4) is 0 Å². The lowest BCUT2D eigenvalue weighted by Gasteiger charge is -2.12. The van der Waals surface area contributed by atoms with Gasteiger partial charge in [0.05, 0.1) is 0 Å². The average molecular weight is 141 g/mol. The number of rotatable bonds is 4. The Bertz CT molecular complexity index is 74.8. The van der Waals surface area contributed by atoms with Gasteiger partial charge in [0, 0.05) is 0 Å². The normalized spacial score (nSPS) is 20.1. The molecule has 1 aliphatic rings. The lowest BCUT2D eigenvalue weighted by Crippen LogP contribution is -2.20. The fourth-order valence-electron chi connectivity index (χ4n) is 1.59. The topological polar surface area (TPSA) is 3.24 Å². The van der Waals surface area contributed by atoms with Crippen LogP contribution in [-0.2, 0) is 0 Å². The Hall–Kier alpha value is -0.0400. The Morgan fingerprint density at radius 1 is 1.10 bits per heavy atom. The van der Waals surface area contributed by atoms with Crippen LogP contribution in [0.4, 0.5) is 0 Å². The van der Waals surface area contributed by atoms with E-state index in [4.69, 9.17) is 0 Å². The molecule has 0 atom stereocenters. The van der Waals surface area contributed by atoms with Crippen molar-refractivity contribution in [3.05, 3.63) is 0 Å². The third-order valence-corrected chi connectivity index (χ3v) is 2.28. The third-order valence-electron chi connectivity index (χ3n) is 2.28. The van der Waals surface area contributed by atoms with Crippen LogP contribution in [0.5, 0.6) is 0 Å². The van der Waals surface area contributed by atoms with Gasteiger partial charge < -0.3 is 4.90 Å². The second-order valence-electron chi connectivity index (χ2n) is 3.26. The molecule has 0 amide bonds. The lowest BCUT2D eigenvalue weighted by atomic mass is 10.2. The number of unbranched alkanes of at least 4 members (excludes halogenated alkanes) is 2. The summed E-state index contributed by atoms with van der Waals surface area (Å²) in [4.78, 5) is 2.59. The van der Waals surface area contributed by atoms with Crippen LogP contribution < -0.4 is 0 Å². The SMILES string of the molecule is CCCCCN1CCCC1. The minimum Gasteiger partial charge on any atom is -0.303 e. The van der Waals surface area contributed by atoms with Gasteiger partial charge in [-0.3, -0.25) is 0 Å². The Morgan fingerprint density at radius 2 is 1.80 bits per heavy atom. The van der Waals surface area contributed by atoms with E-state index in [2.05, 4.69) is 11.8 Å². The van der Waals surface area contributed by atoms with E-state index in [0.717, 1.165) is 0 Å². The summed E-state index contributed by atoms with van der Waals surface area (Å²) in [7, 11) is 0. The number of hydrogen-bond donors (Lipinski definition) is 0. The van der Waals surface area contributed by atoms with Gasteiger partial charge in [0.1, 0.15) is 0 Å². The molecule has 1 rings (SSSR count). The van der Waals surface area contributed by atoms with Gasteiger partial charge >= 0.3 is 0 Å². The Kier molecular flexibility index (Phi) is 3.81. The fourth-order valence-corrected chi connectivity index (χ4v) is 1.59. The Morgan fingerprint density at radius 3 is 2.40 bits per heavy atom. The molecular formula is C9H19N. The van der Waals surface area contributed by atoms with Crippen LogP contribution in [0.3, 0.4) is 0 Å². The number of nitrogens with zero attached hydrogens (tertiary/aromatic N) is 1. The highest BCUT2D eigenvalue weighted by atomic mass is 15.1. The summed E-state index contributed by atoms with van der Waals surface area (Å²) >= 11 is 0. The highest BCUT2D eigenvalue weighted by Crippen LogP contribution is 2.08. The van der Waals surface area contributed by atoms with Gasteiger partial charge in [-0.15, -0.1) is 0 Å². The Labute approximate surface area is 64.4 Å². The van der Waals surface area contributed by atoms with Gasteiger partial charge in [-0.05, 0) is 38.9 Å². The summed E-state index contributed by atoms with van der Waals surface area (Å²) in [5, 5.41) is 0. The first-order valence-corrected chi connectivity index (χ1v) is 4.66. The third kappa shape index (κ3) is 2.70. The van der Waals surface area contributed by atoms with E-state index >= 15 is 0 Å². The lowest BCUT2D eigenvalue weighted by molar-refractivity contribution is 0.329. The monoisotopic (exact) mass is 141 g/mol. The minimum absolute atomic E-state index is 1.36. The second kappa shape index (κ2) is 4.73. The largest absolute Gasteiger partial charge is 0.303 e. The van der Waals surface area contributed by atoms with Crippen LogP contribution in [0.2, 0.25) is 0 Å². The summed E-state index contributed by atoms with van der Waals surface area (Å²) in [5.74, 6) is 0. The summed E-state index contributed by atoms with van der Waals surface area (Å²) in [6, 6.07) is 0. The van der Waals surface area contributed by atoms with E-state index in [0.29, 0.717) is 0 Å². The zero-order valence-electron chi connectivity index (χ0n) is 7.10. The van der Waals surface area contributed by atoms with Gasteiger partial charge in [0.15, 0.2) is 0 Å². The molecule has 1 saturated heterocycles. The van der Waals surface area contributed by atoms with Crippen molar-refractivity contribution in [3.63, 3.8) is 0 Å². The van der Waals surface area contributed by atoms with Crippen molar-refractivity contribution in [1.29, 1.82) is 0 Å². The standard InChI is InChI=1S/C9H19N/c1-2-3-4-7-10-8-5-6-9-10/h2-9H2,1H3. The van der Waals surface area contributed by atoms with E-state index in [1.54, 1.807) is 0 Å². The van der Waals surface area contributed by atoms with Crippen molar-refractivity contribution in [2.24, 2.45) is 0 Å². The van der Waals surface area contributed by atoms with E-state index in [1.165, 1.54) is 51.7 Å². The maximum absolute atomic E-state index is 2.59. The number of hydrogen-bond acceptors (Lipinski definition) is 1. The van der Waals surface area contributed by atoms with E-state index in [9.17, 15) is 0 Å². The molecule has 0 bridgehead atoms. The number of likely N-dealkylation sites (tertiary alicyclic amines) is 1. The van der Waals surface area contributed by atoms with Crippen LogP contribution in [0.15, 0.2) is 0 Å². The van der Waals surface area contributed by atoms with E-state index < -0.39 is 0 Å². The maximum Gasteiger partial charge on any atom is -0.00183 e. The molecular weight excluding hydrogens is 122 g/mol. The molecule has 0 N–H and O–H groups in total. The van der Waals surface area contributed by atoms with E-state index in [1.807, 2.05) is 0 Å². The van der Waals surface area contributed by atoms with Crippen molar-refractivity contribution < 1.29 is 0 Å². The predicted molar refractivity (Wildman–Crippen MR) is 45.2 cm³/mol. The Balaban J connectivity index is 1.91. The fraction of sp³-hybridized carbons (Fsp3) is 1.00. The maximum atomic E-state index is 2.59. The van der Waals surface area contributed by atoms with Gasteiger partial charge in [-0.2, -0.15) is 0 Å². The molecule has 0 aliphatic carbocycles. The van der Waals surface area contributed by atoms with Crippen molar-refractivity contribution in [2.75, 3.05) is 19.6 Å². The predicted octanol–water partition coefficient (Wildman–Crippen LogP) is 2.27. The first kappa shape index (κ1) is 8.06. The molecule has 60 valence electrons. The van der Waals surface area contributed by atoms with E-state index in [-0.39, 0.29) is 0 Å². The van der Waals surface area contributed by atoms with Crippen molar-refractivity contribution >= 4 is 0 Å². The molecule has 0 spiro atoms. The highest BCUT2D eigenvalue weighted by Gasteiger charge is 2.09. The zero-order valence-corrected chi connectivity index (χ0v) is 7.10. The molecule has 1 heteroatoms. The molecule has 1 aliphatic heterocycles. The van der Waals surface area contributed by atoms with Gasteiger partial charge in [0.25, 0.3) is 0 Å². The molecule has 0 aromatic rings. The van der Waals surface area contributed by atoms with Crippen LogP contribution in [0.1, 0.15) is 39.0 Å². The molecule has 0 unspecified atom stereocenters. The van der Waals surface area contributed by atoms with Crippen LogP contribution in [-0.4, -0.2) is 24.5 Å². The summed E-state index contributed by atoms with van der Waals surface area (Å²) in [5.41, 5.74) is 0. The van der Waals surface area contributed by atoms with Gasteiger partial charge in [-0.25, -0.2) is 0 Å². The molecule has 1 fully saturated rings. The van der Waals surface area contributed by atoms with Crippen LogP contribution in [0, 0.1) is 0 Å². The molecule has 10 heavy (non-hydrogen) atoms. The molecule has 0 radical (unpaired) electrons. The quantitative estimate of drug-likeness (QED) is 0.543. The molecule has 0 aromatic heterocycles. The first-order valence-electron chi connectivity index (χ1n) is 4.66. The average Bonchev–Trinajstić information content (AvgIpc) is 2.41.